The number of aromatic carboxylic acids is 1. The Balaban J connectivity index is 1.53. The molecule has 1 aromatic carbocycles. The summed E-state index contributed by atoms with van der Waals surface area (Å²) in [5.74, 6) is 0.980. The van der Waals surface area contributed by atoms with Crippen molar-refractivity contribution in [2.45, 2.75) is 19.3 Å². The van der Waals surface area contributed by atoms with Crippen LogP contribution in [0.25, 0.3) is 0 Å². The first-order valence-corrected chi connectivity index (χ1v) is 9.88. The Morgan fingerprint density at radius 1 is 1.30 bits per heavy atom. The summed E-state index contributed by atoms with van der Waals surface area (Å²) in [4.78, 5) is 22.1. The van der Waals surface area contributed by atoms with Gasteiger partial charge >= 0.3 is 5.97 Å². The number of nitrogens with zero attached hydrogens (tertiary/aromatic N) is 3. The van der Waals surface area contributed by atoms with Gasteiger partial charge in [0.2, 0.25) is 0 Å². The monoisotopic (exact) mass is 404 g/mol. The molecule has 0 saturated heterocycles. The van der Waals surface area contributed by atoms with E-state index in [0.717, 1.165) is 34.9 Å². The summed E-state index contributed by atoms with van der Waals surface area (Å²) in [5.41, 5.74) is 3.83. The Bertz CT molecular complexity index is 1070. The molecule has 0 fully saturated rings. The van der Waals surface area contributed by atoms with Gasteiger partial charge in [0.05, 0.1) is 24.1 Å². The number of ether oxygens (including phenoxy) is 1. The van der Waals surface area contributed by atoms with Crippen molar-refractivity contribution < 1.29 is 14.6 Å². The van der Waals surface area contributed by atoms with Crippen molar-refractivity contribution >= 4 is 23.2 Å². The van der Waals surface area contributed by atoms with Crippen LogP contribution in [-0.4, -0.2) is 41.2 Å². The minimum Gasteiger partial charge on any atom is -0.493 e. The van der Waals surface area contributed by atoms with Crippen LogP contribution in [0.2, 0.25) is 0 Å². The van der Waals surface area contributed by atoms with Crippen molar-refractivity contribution in [1.29, 1.82) is 0 Å². The Labute approximate surface area is 175 Å². The maximum absolute atomic E-state index is 11.4. The average molecular weight is 404 g/mol. The van der Waals surface area contributed by atoms with Crippen molar-refractivity contribution in [1.82, 2.24) is 9.97 Å². The van der Waals surface area contributed by atoms with E-state index in [1.165, 1.54) is 12.3 Å². The second-order valence-electron chi connectivity index (χ2n) is 7.36. The van der Waals surface area contributed by atoms with E-state index in [-0.39, 0.29) is 11.5 Å². The molecule has 3 aromatic rings. The first-order valence-electron chi connectivity index (χ1n) is 9.88. The quantitative estimate of drug-likeness (QED) is 0.636. The fourth-order valence-corrected chi connectivity index (χ4v) is 3.68. The number of anilines is 3. The van der Waals surface area contributed by atoms with Gasteiger partial charge in [-0.15, -0.1) is 0 Å². The van der Waals surface area contributed by atoms with Crippen LogP contribution < -0.4 is 15.0 Å². The number of hydrogen-bond donors (Lipinski definition) is 2. The lowest BCUT2D eigenvalue weighted by Gasteiger charge is -2.28. The standard InChI is InChI=1S/C23H24N4O3/c1-15-4-3-5-22(26-15)27(2)17-6-7-18-16(9-11-30-21(18)12-17)13-25-20-14-24-10-8-19(20)23(28)29/h3-8,10,12,14,16,25H,9,11,13H2,1-2H3,(H,28,29)/t16-/m0/s1. The van der Waals surface area contributed by atoms with E-state index in [2.05, 4.69) is 27.4 Å². The lowest BCUT2D eigenvalue weighted by molar-refractivity contribution is 0.0697. The van der Waals surface area contributed by atoms with Crippen molar-refractivity contribution in [3.8, 4) is 5.75 Å². The highest BCUT2D eigenvalue weighted by Gasteiger charge is 2.23. The number of benzene rings is 1. The van der Waals surface area contributed by atoms with Gasteiger partial charge in [-0.2, -0.15) is 0 Å². The molecule has 1 atom stereocenters. The molecule has 7 nitrogen and oxygen atoms in total. The number of aryl methyl sites for hydroxylation is 1. The van der Waals surface area contributed by atoms with Gasteiger partial charge in [0.1, 0.15) is 11.6 Å². The molecule has 0 bridgehead atoms. The molecule has 0 radical (unpaired) electrons. The summed E-state index contributed by atoms with van der Waals surface area (Å²) >= 11 is 0. The van der Waals surface area contributed by atoms with Crippen LogP contribution in [0.4, 0.5) is 17.2 Å². The average Bonchev–Trinajstić information content (AvgIpc) is 2.76. The number of hydrogen-bond acceptors (Lipinski definition) is 6. The zero-order valence-corrected chi connectivity index (χ0v) is 17.0. The second-order valence-corrected chi connectivity index (χ2v) is 7.36. The van der Waals surface area contributed by atoms with Crippen molar-refractivity contribution in [2.24, 2.45) is 0 Å². The highest BCUT2D eigenvalue weighted by Crippen LogP contribution is 2.37. The van der Waals surface area contributed by atoms with E-state index < -0.39 is 5.97 Å². The molecule has 0 saturated carbocycles. The number of aromatic nitrogens is 2. The largest absolute Gasteiger partial charge is 0.493 e. The summed E-state index contributed by atoms with van der Waals surface area (Å²) in [7, 11) is 1.99. The van der Waals surface area contributed by atoms with Crippen LogP contribution in [0.3, 0.4) is 0 Å². The first-order chi connectivity index (χ1) is 14.5. The predicted octanol–water partition coefficient (Wildman–Crippen LogP) is 4.23. The Morgan fingerprint density at radius 3 is 2.97 bits per heavy atom. The third-order valence-corrected chi connectivity index (χ3v) is 5.36. The van der Waals surface area contributed by atoms with Crippen LogP contribution in [0.15, 0.2) is 54.9 Å². The summed E-state index contributed by atoms with van der Waals surface area (Å²) in [6, 6.07) is 13.6. The number of pyridine rings is 2. The Morgan fingerprint density at radius 2 is 2.17 bits per heavy atom. The molecule has 30 heavy (non-hydrogen) atoms. The van der Waals surface area contributed by atoms with Gasteiger partial charge in [0.15, 0.2) is 0 Å². The normalized spacial score (nSPS) is 15.1. The summed E-state index contributed by atoms with van der Waals surface area (Å²) in [6.45, 7) is 3.20. The molecule has 4 rings (SSSR count). The minimum absolute atomic E-state index is 0.215. The number of carbonyl (C=O) groups is 1. The molecular formula is C23H24N4O3. The van der Waals surface area contributed by atoms with Gasteiger partial charge in [0, 0.05) is 43.2 Å². The van der Waals surface area contributed by atoms with Gasteiger partial charge in [-0.05, 0) is 43.2 Å². The smallest absolute Gasteiger partial charge is 0.337 e. The van der Waals surface area contributed by atoms with E-state index in [1.54, 1.807) is 6.20 Å². The van der Waals surface area contributed by atoms with E-state index in [0.29, 0.717) is 18.8 Å². The molecule has 1 aliphatic rings. The number of rotatable bonds is 6. The number of fused-ring (bicyclic) bond motifs is 1. The molecule has 3 heterocycles. The van der Waals surface area contributed by atoms with E-state index in [1.807, 2.05) is 43.1 Å². The van der Waals surface area contributed by atoms with Gasteiger partial charge in [-0.1, -0.05) is 12.1 Å². The fourth-order valence-electron chi connectivity index (χ4n) is 3.68. The van der Waals surface area contributed by atoms with Crippen LogP contribution in [-0.2, 0) is 0 Å². The molecule has 1 aliphatic heterocycles. The van der Waals surface area contributed by atoms with E-state index in [9.17, 15) is 9.90 Å². The fraction of sp³-hybridized carbons (Fsp3) is 0.261. The number of carboxylic acid groups (broad SMARTS) is 1. The third kappa shape index (κ3) is 4.05. The summed E-state index contributed by atoms with van der Waals surface area (Å²) in [6.07, 6.45) is 3.90. The Hall–Kier alpha value is -3.61. The number of carboxylic acids is 1. The minimum atomic E-state index is -0.968. The molecule has 7 heteroatoms. The molecule has 0 unspecified atom stereocenters. The molecule has 154 valence electrons. The van der Waals surface area contributed by atoms with Crippen molar-refractivity contribution in [3.05, 3.63) is 71.7 Å². The topological polar surface area (TPSA) is 87.6 Å². The molecule has 0 amide bonds. The number of nitrogens with one attached hydrogen (secondary N) is 1. The highest BCUT2D eigenvalue weighted by atomic mass is 16.5. The van der Waals surface area contributed by atoms with Gasteiger partial charge < -0.3 is 20.1 Å². The molecule has 0 aliphatic carbocycles. The van der Waals surface area contributed by atoms with E-state index >= 15 is 0 Å². The summed E-state index contributed by atoms with van der Waals surface area (Å²) in [5, 5.41) is 12.6. The Kier molecular flexibility index (Phi) is 5.52. The van der Waals surface area contributed by atoms with Crippen LogP contribution in [0.5, 0.6) is 5.75 Å². The van der Waals surface area contributed by atoms with Gasteiger partial charge in [0.25, 0.3) is 0 Å². The van der Waals surface area contributed by atoms with Crippen LogP contribution in [0.1, 0.15) is 34.0 Å². The maximum atomic E-state index is 11.4. The van der Waals surface area contributed by atoms with Crippen LogP contribution in [0, 0.1) is 6.92 Å². The zero-order chi connectivity index (χ0) is 21.1. The first kappa shape index (κ1) is 19.7. The lowest BCUT2D eigenvalue weighted by atomic mass is 9.92. The van der Waals surface area contributed by atoms with E-state index in [4.69, 9.17) is 4.74 Å². The van der Waals surface area contributed by atoms with Gasteiger partial charge in [-0.25, -0.2) is 9.78 Å². The van der Waals surface area contributed by atoms with Crippen molar-refractivity contribution in [2.75, 3.05) is 30.4 Å². The summed E-state index contributed by atoms with van der Waals surface area (Å²) < 4.78 is 5.94. The lowest BCUT2D eigenvalue weighted by Crippen LogP contribution is -2.22. The molecular weight excluding hydrogens is 380 g/mol. The molecule has 0 spiro atoms. The van der Waals surface area contributed by atoms with Crippen molar-refractivity contribution in [3.63, 3.8) is 0 Å². The molecule has 2 N–H and O–H groups in total. The predicted molar refractivity (Wildman–Crippen MR) is 116 cm³/mol. The SMILES string of the molecule is Cc1cccc(N(C)c2ccc3c(c2)OCC[C@H]3CNc2cnccc2C(=O)O)n1. The zero-order valence-electron chi connectivity index (χ0n) is 17.0. The highest BCUT2D eigenvalue weighted by molar-refractivity contribution is 5.93. The maximum Gasteiger partial charge on any atom is 0.337 e. The van der Waals surface area contributed by atoms with Crippen LogP contribution >= 0.6 is 0 Å². The second kappa shape index (κ2) is 8.41. The third-order valence-electron chi connectivity index (χ3n) is 5.36. The van der Waals surface area contributed by atoms with Gasteiger partial charge in [-0.3, -0.25) is 4.98 Å². The molecule has 2 aromatic heterocycles.